The molecule has 0 radical (unpaired) electrons. The Labute approximate surface area is 140 Å². The van der Waals surface area contributed by atoms with Gasteiger partial charge < -0.3 is 4.74 Å². The fourth-order valence-corrected chi connectivity index (χ4v) is 2.16. The second-order valence-corrected chi connectivity index (χ2v) is 5.13. The summed E-state index contributed by atoms with van der Waals surface area (Å²) < 4.78 is 32.3. The Bertz CT molecular complexity index is 964. The minimum Gasteiger partial charge on any atom is -0.436 e. The van der Waals surface area contributed by atoms with Gasteiger partial charge in [0.05, 0.1) is 4.92 Å². The summed E-state index contributed by atoms with van der Waals surface area (Å²) in [6.45, 7) is 1.66. The number of nitro benzene ring substituents is 1. The summed E-state index contributed by atoms with van der Waals surface area (Å²) in [5, 5.41) is 10.9. The quantitative estimate of drug-likeness (QED) is 0.517. The Balaban J connectivity index is 2.00. The SMILES string of the molecule is Cc1cc(Oc2cccc(F)c2F)nc(-c2cccc([N+](=O)[O-])c2)n1. The molecule has 25 heavy (non-hydrogen) atoms. The zero-order valence-electron chi connectivity index (χ0n) is 12.9. The molecule has 0 saturated heterocycles. The van der Waals surface area contributed by atoms with E-state index >= 15 is 0 Å². The summed E-state index contributed by atoms with van der Waals surface area (Å²) in [5.41, 5.74) is 0.798. The van der Waals surface area contributed by atoms with Crippen molar-refractivity contribution < 1.29 is 18.4 Å². The van der Waals surface area contributed by atoms with Crippen LogP contribution in [0.25, 0.3) is 11.4 Å². The maximum atomic E-state index is 13.7. The van der Waals surface area contributed by atoms with Crippen LogP contribution in [-0.2, 0) is 0 Å². The van der Waals surface area contributed by atoms with Crippen molar-refractivity contribution in [2.75, 3.05) is 0 Å². The van der Waals surface area contributed by atoms with Crippen molar-refractivity contribution in [3.8, 4) is 23.0 Å². The molecule has 0 fully saturated rings. The van der Waals surface area contributed by atoms with Crippen LogP contribution in [0, 0.1) is 28.7 Å². The van der Waals surface area contributed by atoms with E-state index in [1.807, 2.05) is 0 Å². The minimum absolute atomic E-state index is 0.00138. The summed E-state index contributed by atoms with van der Waals surface area (Å²) >= 11 is 0. The molecule has 0 spiro atoms. The summed E-state index contributed by atoms with van der Waals surface area (Å²) in [6.07, 6.45) is 0. The number of halogens is 2. The molecule has 0 unspecified atom stereocenters. The molecule has 3 rings (SSSR count). The number of benzene rings is 2. The Hall–Kier alpha value is -3.42. The molecular weight excluding hydrogens is 332 g/mol. The van der Waals surface area contributed by atoms with Gasteiger partial charge in [0.25, 0.3) is 5.69 Å². The lowest BCUT2D eigenvalue weighted by Crippen LogP contribution is -1.98. The number of hydrogen-bond donors (Lipinski definition) is 0. The van der Waals surface area contributed by atoms with Crippen molar-refractivity contribution in [1.29, 1.82) is 0 Å². The number of aryl methyl sites for hydroxylation is 1. The molecule has 0 aliphatic carbocycles. The van der Waals surface area contributed by atoms with Gasteiger partial charge >= 0.3 is 0 Å². The third kappa shape index (κ3) is 3.57. The molecule has 2 aromatic carbocycles. The average Bonchev–Trinajstić information content (AvgIpc) is 2.58. The highest BCUT2D eigenvalue weighted by Gasteiger charge is 2.14. The fourth-order valence-electron chi connectivity index (χ4n) is 2.16. The van der Waals surface area contributed by atoms with Gasteiger partial charge in [-0.3, -0.25) is 10.1 Å². The highest BCUT2D eigenvalue weighted by atomic mass is 19.2. The van der Waals surface area contributed by atoms with Crippen LogP contribution in [0.2, 0.25) is 0 Å². The van der Waals surface area contributed by atoms with Gasteiger partial charge in [0, 0.05) is 29.5 Å². The summed E-state index contributed by atoms with van der Waals surface area (Å²) in [7, 11) is 0. The van der Waals surface area contributed by atoms with Gasteiger partial charge in [0.2, 0.25) is 11.7 Å². The Kier molecular flexibility index (Phi) is 4.34. The summed E-state index contributed by atoms with van der Waals surface area (Å²) in [6, 6.07) is 10.8. The minimum atomic E-state index is -1.13. The smallest absolute Gasteiger partial charge is 0.270 e. The van der Waals surface area contributed by atoms with Gasteiger partial charge in [0.15, 0.2) is 17.4 Å². The molecule has 1 heterocycles. The molecule has 0 N–H and O–H groups in total. The lowest BCUT2D eigenvalue weighted by molar-refractivity contribution is -0.384. The highest BCUT2D eigenvalue weighted by Crippen LogP contribution is 2.27. The van der Waals surface area contributed by atoms with E-state index < -0.39 is 16.6 Å². The molecule has 8 heteroatoms. The first kappa shape index (κ1) is 16.4. The van der Waals surface area contributed by atoms with Crippen molar-refractivity contribution >= 4 is 5.69 Å². The largest absolute Gasteiger partial charge is 0.436 e. The van der Waals surface area contributed by atoms with E-state index in [0.717, 1.165) is 6.07 Å². The number of nitro groups is 1. The first-order valence-corrected chi connectivity index (χ1v) is 7.16. The lowest BCUT2D eigenvalue weighted by atomic mass is 10.2. The van der Waals surface area contributed by atoms with Gasteiger partial charge in [-0.25, -0.2) is 9.37 Å². The normalized spacial score (nSPS) is 10.5. The van der Waals surface area contributed by atoms with Gasteiger partial charge in [-0.15, -0.1) is 0 Å². The van der Waals surface area contributed by atoms with Crippen molar-refractivity contribution in [2.24, 2.45) is 0 Å². The number of rotatable bonds is 4. The van der Waals surface area contributed by atoms with Gasteiger partial charge in [0.1, 0.15) is 0 Å². The topological polar surface area (TPSA) is 78.2 Å². The standard InChI is InChI=1S/C17H11F2N3O3/c1-10-8-15(25-14-7-3-6-13(18)16(14)19)21-17(20-10)11-4-2-5-12(9-11)22(23)24/h2-9H,1H3. The number of ether oxygens (including phenoxy) is 1. The van der Waals surface area contributed by atoms with Crippen molar-refractivity contribution in [2.45, 2.75) is 6.92 Å². The molecule has 0 bridgehead atoms. The Morgan fingerprint density at radius 3 is 2.60 bits per heavy atom. The van der Waals surface area contributed by atoms with Crippen molar-refractivity contribution in [1.82, 2.24) is 9.97 Å². The van der Waals surface area contributed by atoms with Crippen LogP contribution in [0.5, 0.6) is 11.6 Å². The number of aromatic nitrogens is 2. The first-order chi connectivity index (χ1) is 11.9. The van der Waals surface area contributed by atoms with Crippen molar-refractivity contribution in [3.63, 3.8) is 0 Å². The maximum Gasteiger partial charge on any atom is 0.270 e. The van der Waals surface area contributed by atoms with Gasteiger partial charge in [-0.05, 0) is 19.1 Å². The summed E-state index contributed by atoms with van der Waals surface area (Å²) in [5.74, 6) is -2.31. The Morgan fingerprint density at radius 1 is 1.08 bits per heavy atom. The van der Waals surface area contributed by atoms with Crippen LogP contribution in [0.15, 0.2) is 48.5 Å². The Morgan fingerprint density at radius 2 is 1.84 bits per heavy atom. The number of hydrogen-bond acceptors (Lipinski definition) is 5. The van der Waals surface area contributed by atoms with E-state index in [9.17, 15) is 18.9 Å². The molecular formula is C17H11F2N3O3. The zero-order chi connectivity index (χ0) is 18.0. The van der Waals surface area contributed by atoms with Crippen LogP contribution < -0.4 is 4.74 Å². The second kappa shape index (κ2) is 6.60. The van der Waals surface area contributed by atoms with Crippen molar-refractivity contribution in [3.05, 3.63) is 76.0 Å². The second-order valence-electron chi connectivity index (χ2n) is 5.13. The molecule has 0 aliphatic rings. The van der Waals surface area contributed by atoms with Gasteiger partial charge in [-0.1, -0.05) is 18.2 Å². The predicted octanol–water partition coefficient (Wildman–Crippen LogP) is 4.43. The molecule has 0 amide bonds. The third-order valence-electron chi connectivity index (χ3n) is 3.28. The zero-order valence-corrected chi connectivity index (χ0v) is 12.9. The van der Waals surface area contributed by atoms with Crippen LogP contribution >= 0.6 is 0 Å². The third-order valence-corrected chi connectivity index (χ3v) is 3.28. The van der Waals surface area contributed by atoms with E-state index in [4.69, 9.17) is 4.74 Å². The molecule has 0 atom stereocenters. The average molecular weight is 343 g/mol. The van der Waals surface area contributed by atoms with Crippen LogP contribution in [0.3, 0.4) is 0 Å². The molecule has 6 nitrogen and oxygen atoms in total. The van der Waals surface area contributed by atoms with E-state index in [0.29, 0.717) is 11.3 Å². The molecule has 1 aromatic heterocycles. The van der Waals surface area contributed by atoms with E-state index in [2.05, 4.69) is 9.97 Å². The molecule has 126 valence electrons. The maximum absolute atomic E-state index is 13.7. The molecule has 3 aromatic rings. The number of nitrogens with zero attached hydrogens (tertiary/aromatic N) is 3. The van der Waals surface area contributed by atoms with Crippen LogP contribution in [-0.4, -0.2) is 14.9 Å². The highest BCUT2D eigenvalue weighted by molar-refractivity contribution is 5.59. The fraction of sp³-hybridized carbons (Fsp3) is 0.0588. The summed E-state index contributed by atoms with van der Waals surface area (Å²) in [4.78, 5) is 18.7. The molecule has 0 aliphatic heterocycles. The van der Waals surface area contributed by atoms with E-state index in [1.165, 1.54) is 36.4 Å². The van der Waals surface area contributed by atoms with Gasteiger partial charge in [-0.2, -0.15) is 9.37 Å². The van der Waals surface area contributed by atoms with E-state index in [1.54, 1.807) is 13.0 Å². The van der Waals surface area contributed by atoms with Crippen LogP contribution in [0.4, 0.5) is 14.5 Å². The number of non-ortho nitro benzene ring substituents is 1. The molecule has 0 saturated carbocycles. The van der Waals surface area contributed by atoms with E-state index in [-0.39, 0.29) is 23.1 Å². The first-order valence-electron chi connectivity index (χ1n) is 7.16. The lowest BCUT2D eigenvalue weighted by Gasteiger charge is -2.09. The van der Waals surface area contributed by atoms with Crippen LogP contribution in [0.1, 0.15) is 5.69 Å². The predicted molar refractivity (Wildman–Crippen MR) is 85.3 cm³/mol. The monoisotopic (exact) mass is 343 g/mol.